The Morgan fingerprint density at radius 1 is 1.40 bits per heavy atom. The van der Waals surface area contributed by atoms with Crippen molar-refractivity contribution in [2.45, 2.75) is 29.4 Å². The molecule has 1 fully saturated rings. The van der Waals surface area contributed by atoms with Gasteiger partial charge in [0.2, 0.25) is 0 Å². The number of benzene rings is 1. The molecule has 1 aromatic carbocycles. The maximum absolute atomic E-state index is 13.0. The lowest BCUT2D eigenvalue weighted by molar-refractivity contribution is 0.573. The van der Waals surface area contributed by atoms with E-state index < -0.39 is 0 Å². The van der Waals surface area contributed by atoms with Gasteiger partial charge in [-0.3, -0.25) is 0 Å². The van der Waals surface area contributed by atoms with Crippen LogP contribution in [0, 0.1) is 11.7 Å². The van der Waals surface area contributed by atoms with Crippen LogP contribution in [0.5, 0.6) is 0 Å². The van der Waals surface area contributed by atoms with Crippen molar-refractivity contribution in [3.63, 3.8) is 0 Å². The molecule has 82 valence electrons. The minimum atomic E-state index is -0.151. The van der Waals surface area contributed by atoms with Crippen LogP contribution in [0.15, 0.2) is 29.2 Å². The largest absolute Gasteiger partial charge is 0.330 e. The van der Waals surface area contributed by atoms with Gasteiger partial charge in [0, 0.05) is 10.1 Å². The van der Waals surface area contributed by atoms with Gasteiger partial charge in [0.15, 0.2) is 0 Å². The van der Waals surface area contributed by atoms with Crippen LogP contribution in [0.1, 0.15) is 19.3 Å². The molecule has 15 heavy (non-hydrogen) atoms. The molecule has 0 radical (unpaired) electrons. The third-order valence-corrected chi connectivity index (χ3v) is 4.43. The molecule has 0 amide bonds. The van der Waals surface area contributed by atoms with Crippen LogP contribution in [-0.4, -0.2) is 11.8 Å². The zero-order valence-corrected chi connectivity index (χ0v) is 9.47. The summed E-state index contributed by atoms with van der Waals surface area (Å²) in [6.07, 6.45) is 3.70. The standard InChI is InChI=1S/C12H16FNS/c13-10-4-2-5-11(7-10)15-12-6-1-3-9(12)8-14/h2,4-5,7,9,12H,1,3,6,8,14H2. The minimum absolute atomic E-state index is 0.151. The monoisotopic (exact) mass is 225 g/mol. The van der Waals surface area contributed by atoms with Gasteiger partial charge in [-0.25, -0.2) is 4.39 Å². The summed E-state index contributed by atoms with van der Waals surface area (Å²) in [5, 5.41) is 0.580. The summed E-state index contributed by atoms with van der Waals surface area (Å²) in [5.74, 6) is 0.459. The normalized spacial score (nSPS) is 25.7. The number of hydrogen-bond acceptors (Lipinski definition) is 2. The fraction of sp³-hybridized carbons (Fsp3) is 0.500. The molecule has 0 aromatic heterocycles. The van der Waals surface area contributed by atoms with Crippen LogP contribution in [-0.2, 0) is 0 Å². The molecule has 2 unspecified atom stereocenters. The second-order valence-electron chi connectivity index (χ2n) is 4.04. The fourth-order valence-corrected chi connectivity index (χ4v) is 3.55. The minimum Gasteiger partial charge on any atom is -0.330 e. The van der Waals surface area contributed by atoms with Gasteiger partial charge in [-0.05, 0) is 43.5 Å². The number of hydrogen-bond donors (Lipinski definition) is 1. The van der Waals surface area contributed by atoms with E-state index in [4.69, 9.17) is 5.73 Å². The van der Waals surface area contributed by atoms with Gasteiger partial charge in [0.1, 0.15) is 5.82 Å². The lowest BCUT2D eigenvalue weighted by atomic mass is 10.1. The van der Waals surface area contributed by atoms with Gasteiger partial charge < -0.3 is 5.73 Å². The predicted octanol–water partition coefficient (Wildman–Crippen LogP) is 3.05. The highest BCUT2D eigenvalue weighted by Crippen LogP contribution is 2.38. The Labute approximate surface area is 94.2 Å². The molecular formula is C12H16FNS. The van der Waals surface area contributed by atoms with E-state index >= 15 is 0 Å². The molecule has 1 aliphatic carbocycles. The molecule has 1 saturated carbocycles. The van der Waals surface area contributed by atoms with Crippen LogP contribution in [0.3, 0.4) is 0 Å². The summed E-state index contributed by atoms with van der Waals surface area (Å²) in [6.45, 7) is 0.757. The van der Waals surface area contributed by atoms with Crippen LogP contribution in [0.25, 0.3) is 0 Å². The van der Waals surface area contributed by atoms with Crippen molar-refractivity contribution in [1.29, 1.82) is 0 Å². The smallest absolute Gasteiger partial charge is 0.124 e. The summed E-state index contributed by atoms with van der Waals surface area (Å²) in [5.41, 5.74) is 5.72. The van der Waals surface area contributed by atoms with Crippen molar-refractivity contribution >= 4 is 11.8 Å². The van der Waals surface area contributed by atoms with Gasteiger partial charge in [0.25, 0.3) is 0 Å². The van der Waals surface area contributed by atoms with Gasteiger partial charge >= 0.3 is 0 Å². The van der Waals surface area contributed by atoms with Gasteiger partial charge in [-0.2, -0.15) is 0 Å². The topological polar surface area (TPSA) is 26.0 Å². The van der Waals surface area contributed by atoms with Gasteiger partial charge in [-0.15, -0.1) is 11.8 Å². The number of halogens is 1. The van der Waals surface area contributed by atoms with Crippen LogP contribution in [0.4, 0.5) is 4.39 Å². The second kappa shape index (κ2) is 4.99. The quantitative estimate of drug-likeness (QED) is 0.855. The maximum atomic E-state index is 13.0. The number of nitrogens with two attached hydrogens (primary N) is 1. The Morgan fingerprint density at radius 2 is 2.27 bits per heavy atom. The molecule has 0 spiro atoms. The molecule has 1 nitrogen and oxygen atoms in total. The first-order valence-electron chi connectivity index (χ1n) is 5.42. The van der Waals surface area contributed by atoms with Crippen LogP contribution in [0.2, 0.25) is 0 Å². The Kier molecular flexibility index (Phi) is 3.65. The van der Waals surface area contributed by atoms with E-state index in [0.29, 0.717) is 11.2 Å². The third kappa shape index (κ3) is 2.73. The zero-order valence-electron chi connectivity index (χ0n) is 8.66. The Balaban J connectivity index is 2.02. The third-order valence-electron chi connectivity index (χ3n) is 2.98. The van der Waals surface area contributed by atoms with Crippen molar-refractivity contribution in [1.82, 2.24) is 0 Å². The summed E-state index contributed by atoms with van der Waals surface area (Å²) < 4.78 is 13.0. The summed E-state index contributed by atoms with van der Waals surface area (Å²) in [7, 11) is 0. The molecule has 3 heteroatoms. The Morgan fingerprint density at radius 3 is 3.00 bits per heavy atom. The molecule has 1 aromatic rings. The van der Waals surface area contributed by atoms with Crippen LogP contribution >= 0.6 is 11.8 Å². The van der Waals surface area contributed by atoms with E-state index in [9.17, 15) is 4.39 Å². The van der Waals surface area contributed by atoms with Crippen molar-refractivity contribution < 1.29 is 4.39 Å². The Hall–Kier alpha value is -0.540. The molecule has 0 heterocycles. The van der Waals surface area contributed by atoms with Gasteiger partial charge in [-0.1, -0.05) is 12.5 Å². The van der Waals surface area contributed by atoms with Crippen LogP contribution < -0.4 is 5.73 Å². The first-order valence-corrected chi connectivity index (χ1v) is 6.30. The molecular weight excluding hydrogens is 209 g/mol. The summed E-state index contributed by atoms with van der Waals surface area (Å²) >= 11 is 1.78. The second-order valence-corrected chi connectivity index (χ2v) is 5.35. The summed E-state index contributed by atoms with van der Waals surface area (Å²) in [4.78, 5) is 1.03. The van der Waals surface area contributed by atoms with E-state index in [-0.39, 0.29) is 5.82 Å². The molecule has 1 aliphatic rings. The molecule has 0 bridgehead atoms. The molecule has 2 N–H and O–H groups in total. The highest BCUT2D eigenvalue weighted by molar-refractivity contribution is 8.00. The van der Waals surface area contributed by atoms with Crippen molar-refractivity contribution in [3.05, 3.63) is 30.1 Å². The first kappa shape index (κ1) is 11.0. The predicted molar refractivity (Wildman–Crippen MR) is 62.4 cm³/mol. The van der Waals surface area contributed by atoms with Crippen molar-refractivity contribution in [3.8, 4) is 0 Å². The number of rotatable bonds is 3. The van der Waals surface area contributed by atoms with E-state index in [2.05, 4.69) is 0 Å². The Bertz CT molecular complexity index is 329. The zero-order chi connectivity index (χ0) is 10.7. The van der Waals surface area contributed by atoms with Crippen molar-refractivity contribution in [2.24, 2.45) is 11.7 Å². The summed E-state index contributed by atoms with van der Waals surface area (Å²) in [6, 6.07) is 6.83. The van der Waals surface area contributed by atoms with E-state index in [1.54, 1.807) is 23.9 Å². The average Bonchev–Trinajstić information content (AvgIpc) is 2.65. The molecule has 0 aliphatic heterocycles. The van der Waals surface area contributed by atoms with E-state index in [1.807, 2.05) is 6.07 Å². The molecule has 2 atom stereocenters. The highest BCUT2D eigenvalue weighted by Gasteiger charge is 2.26. The average molecular weight is 225 g/mol. The highest BCUT2D eigenvalue weighted by atomic mass is 32.2. The van der Waals surface area contributed by atoms with E-state index in [0.717, 1.165) is 11.4 Å². The maximum Gasteiger partial charge on any atom is 0.124 e. The molecule has 2 rings (SSSR count). The SMILES string of the molecule is NCC1CCCC1Sc1cccc(F)c1. The van der Waals surface area contributed by atoms with Gasteiger partial charge in [0.05, 0.1) is 0 Å². The molecule has 0 saturated heterocycles. The fourth-order valence-electron chi connectivity index (χ4n) is 2.14. The lowest BCUT2D eigenvalue weighted by Gasteiger charge is -2.17. The lowest BCUT2D eigenvalue weighted by Crippen LogP contribution is -2.20. The van der Waals surface area contributed by atoms with Crippen molar-refractivity contribution in [2.75, 3.05) is 6.54 Å². The number of thioether (sulfide) groups is 1. The van der Waals surface area contributed by atoms with E-state index in [1.165, 1.54) is 25.3 Å². The first-order chi connectivity index (χ1) is 7.29.